The summed E-state index contributed by atoms with van der Waals surface area (Å²) >= 11 is 0. The van der Waals surface area contributed by atoms with E-state index in [9.17, 15) is 9.90 Å². The number of carbonyl (C=O) groups is 1. The van der Waals surface area contributed by atoms with Crippen LogP contribution in [0.2, 0.25) is 0 Å². The molecule has 0 saturated heterocycles. The monoisotopic (exact) mass is 233 g/mol. The normalized spacial score (nSPS) is 12.7. The average molecular weight is 233 g/mol. The lowest BCUT2D eigenvalue weighted by atomic mass is 10.0. The first kappa shape index (κ1) is 13.5. The molecule has 0 radical (unpaired) electrons. The Morgan fingerprint density at radius 3 is 2.47 bits per heavy atom. The van der Waals surface area contributed by atoms with E-state index in [0.717, 1.165) is 11.1 Å². The number of benzene rings is 1. The van der Waals surface area contributed by atoms with E-state index >= 15 is 0 Å². The van der Waals surface area contributed by atoms with Crippen LogP contribution in [-0.2, 0) is 4.79 Å². The zero-order valence-corrected chi connectivity index (χ0v) is 10.6. The summed E-state index contributed by atoms with van der Waals surface area (Å²) in [5.74, 6) is -0.0771. The van der Waals surface area contributed by atoms with Crippen molar-refractivity contribution in [1.29, 1.82) is 0 Å². The van der Waals surface area contributed by atoms with Crippen molar-refractivity contribution in [3.05, 3.63) is 47.7 Å². The predicted molar refractivity (Wildman–Crippen MR) is 68.6 cm³/mol. The highest BCUT2D eigenvalue weighted by atomic mass is 16.3. The molecule has 0 aliphatic carbocycles. The Bertz CT molecular complexity index is 393. The summed E-state index contributed by atoms with van der Waals surface area (Å²) in [5.41, 5.74) is 1.92. The number of hydrogen-bond acceptors (Lipinski definition) is 3. The van der Waals surface area contributed by atoms with Crippen molar-refractivity contribution < 1.29 is 9.90 Å². The summed E-state index contributed by atoms with van der Waals surface area (Å²) in [7, 11) is 3.69. The van der Waals surface area contributed by atoms with Gasteiger partial charge in [-0.3, -0.25) is 4.79 Å². The molecule has 0 amide bonds. The molecule has 1 N–H and O–H groups in total. The molecule has 0 bridgehead atoms. The minimum Gasteiger partial charge on any atom is -0.388 e. The lowest BCUT2D eigenvalue weighted by Crippen LogP contribution is -2.07. The predicted octanol–water partition coefficient (Wildman–Crippen LogP) is 2.06. The van der Waals surface area contributed by atoms with E-state index in [1.54, 1.807) is 11.1 Å². The van der Waals surface area contributed by atoms with Crippen LogP contribution in [0.3, 0.4) is 0 Å². The Morgan fingerprint density at radius 2 is 1.94 bits per heavy atom. The van der Waals surface area contributed by atoms with Gasteiger partial charge in [-0.15, -0.1) is 0 Å². The maximum Gasteiger partial charge on any atom is 0.160 e. The number of carbonyl (C=O) groups excluding carboxylic acids is 1. The summed E-state index contributed by atoms with van der Waals surface area (Å²) in [6.07, 6.45) is 2.56. The number of nitrogens with zero attached hydrogens (tertiary/aromatic N) is 1. The second kappa shape index (κ2) is 6.21. The van der Waals surface area contributed by atoms with E-state index in [0.29, 0.717) is 0 Å². The highest BCUT2D eigenvalue weighted by Gasteiger charge is 2.10. The van der Waals surface area contributed by atoms with Crippen LogP contribution in [0.5, 0.6) is 0 Å². The van der Waals surface area contributed by atoms with Gasteiger partial charge >= 0.3 is 0 Å². The molecule has 0 saturated carbocycles. The summed E-state index contributed by atoms with van der Waals surface area (Å²) in [6.45, 7) is 1.99. The lowest BCUT2D eigenvalue weighted by Gasteiger charge is -2.09. The van der Waals surface area contributed by atoms with Gasteiger partial charge in [0, 0.05) is 26.7 Å². The fraction of sp³-hybridized carbons (Fsp3) is 0.357. The van der Waals surface area contributed by atoms with Gasteiger partial charge in [0.1, 0.15) is 0 Å². The van der Waals surface area contributed by atoms with E-state index in [1.165, 1.54) is 6.08 Å². The quantitative estimate of drug-likeness (QED) is 0.791. The standard InChI is InChI=1S/C14H19NO2/c1-11-4-6-12(7-5-11)14(17)10-13(16)8-9-15(2)3/h4-9,14,17H,10H2,1-3H3/b9-8+. The van der Waals surface area contributed by atoms with Crippen molar-refractivity contribution in [2.75, 3.05) is 14.1 Å². The zero-order valence-electron chi connectivity index (χ0n) is 10.6. The molecule has 0 aliphatic rings. The van der Waals surface area contributed by atoms with Crippen molar-refractivity contribution in [1.82, 2.24) is 4.90 Å². The molecule has 92 valence electrons. The smallest absolute Gasteiger partial charge is 0.160 e. The number of allylic oxidation sites excluding steroid dienone is 1. The first-order valence-corrected chi connectivity index (χ1v) is 5.61. The summed E-state index contributed by atoms with van der Waals surface area (Å²) in [6, 6.07) is 7.56. The molecule has 1 unspecified atom stereocenters. The van der Waals surface area contributed by atoms with Gasteiger partial charge in [-0.2, -0.15) is 0 Å². The van der Waals surface area contributed by atoms with Crippen LogP contribution in [0.4, 0.5) is 0 Å². The van der Waals surface area contributed by atoms with Crippen LogP contribution in [0, 0.1) is 6.92 Å². The third-order valence-corrected chi connectivity index (χ3v) is 2.42. The van der Waals surface area contributed by atoms with Gasteiger partial charge in [0.05, 0.1) is 6.10 Å². The van der Waals surface area contributed by atoms with Gasteiger partial charge in [0.25, 0.3) is 0 Å². The third-order valence-electron chi connectivity index (χ3n) is 2.42. The molecule has 1 aromatic rings. The maximum absolute atomic E-state index is 11.5. The Morgan fingerprint density at radius 1 is 1.35 bits per heavy atom. The Balaban J connectivity index is 2.57. The minimum absolute atomic E-state index is 0.0771. The fourth-order valence-corrected chi connectivity index (χ4v) is 1.40. The van der Waals surface area contributed by atoms with Crippen LogP contribution in [-0.4, -0.2) is 29.9 Å². The van der Waals surface area contributed by atoms with E-state index in [4.69, 9.17) is 0 Å². The largest absolute Gasteiger partial charge is 0.388 e. The number of hydrogen-bond donors (Lipinski definition) is 1. The van der Waals surface area contributed by atoms with Gasteiger partial charge in [0.15, 0.2) is 5.78 Å². The van der Waals surface area contributed by atoms with Gasteiger partial charge in [-0.25, -0.2) is 0 Å². The molecule has 3 nitrogen and oxygen atoms in total. The molecule has 0 aromatic heterocycles. The molecule has 0 heterocycles. The minimum atomic E-state index is -0.727. The molecule has 0 aliphatic heterocycles. The average Bonchev–Trinajstić information content (AvgIpc) is 2.27. The maximum atomic E-state index is 11.5. The highest BCUT2D eigenvalue weighted by molar-refractivity contribution is 5.89. The van der Waals surface area contributed by atoms with Crippen LogP contribution >= 0.6 is 0 Å². The van der Waals surface area contributed by atoms with E-state index in [-0.39, 0.29) is 12.2 Å². The Labute approximate surface area is 102 Å². The van der Waals surface area contributed by atoms with Crippen LogP contribution in [0.15, 0.2) is 36.5 Å². The number of aliphatic hydroxyl groups is 1. The van der Waals surface area contributed by atoms with Crippen molar-refractivity contribution in [3.63, 3.8) is 0 Å². The molecule has 1 atom stereocenters. The van der Waals surface area contributed by atoms with Crippen molar-refractivity contribution in [3.8, 4) is 0 Å². The number of rotatable bonds is 5. The van der Waals surface area contributed by atoms with Crippen LogP contribution < -0.4 is 0 Å². The number of aryl methyl sites for hydroxylation is 1. The molecule has 1 rings (SSSR count). The Kier molecular flexibility index (Phi) is 4.91. The second-order valence-corrected chi connectivity index (χ2v) is 4.38. The third kappa shape index (κ3) is 4.83. The van der Waals surface area contributed by atoms with Crippen molar-refractivity contribution >= 4 is 5.78 Å². The first-order chi connectivity index (χ1) is 7.99. The van der Waals surface area contributed by atoms with Crippen molar-refractivity contribution in [2.45, 2.75) is 19.4 Å². The topological polar surface area (TPSA) is 40.5 Å². The summed E-state index contributed by atoms with van der Waals surface area (Å²) in [4.78, 5) is 13.3. The van der Waals surface area contributed by atoms with E-state index in [1.807, 2.05) is 45.3 Å². The van der Waals surface area contributed by atoms with Gasteiger partial charge < -0.3 is 10.0 Å². The van der Waals surface area contributed by atoms with Gasteiger partial charge in [-0.05, 0) is 18.6 Å². The molecule has 3 heteroatoms. The van der Waals surface area contributed by atoms with E-state index in [2.05, 4.69) is 0 Å². The van der Waals surface area contributed by atoms with Gasteiger partial charge in [-0.1, -0.05) is 29.8 Å². The molecular formula is C14H19NO2. The van der Waals surface area contributed by atoms with Crippen LogP contribution in [0.1, 0.15) is 23.7 Å². The lowest BCUT2D eigenvalue weighted by molar-refractivity contribution is -0.116. The summed E-state index contributed by atoms with van der Waals surface area (Å²) < 4.78 is 0. The molecule has 1 aromatic carbocycles. The SMILES string of the molecule is Cc1ccc(C(O)CC(=O)/C=C/N(C)C)cc1. The number of ketones is 1. The fourth-order valence-electron chi connectivity index (χ4n) is 1.40. The number of aliphatic hydroxyl groups excluding tert-OH is 1. The van der Waals surface area contributed by atoms with Gasteiger partial charge in [0.2, 0.25) is 0 Å². The van der Waals surface area contributed by atoms with E-state index < -0.39 is 6.10 Å². The summed E-state index contributed by atoms with van der Waals surface area (Å²) in [5, 5.41) is 9.88. The highest BCUT2D eigenvalue weighted by Crippen LogP contribution is 2.17. The molecule has 17 heavy (non-hydrogen) atoms. The second-order valence-electron chi connectivity index (χ2n) is 4.38. The van der Waals surface area contributed by atoms with Crippen molar-refractivity contribution in [2.24, 2.45) is 0 Å². The van der Waals surface area contributed by atoms with Crippen LogP contribution in [0.25, 0.3) is 0 Å². The Hall–Kier alpha value is -1.61. The molecule has 0 spiro atoms. The molecular weight excluding hydrogens is 214 g/mol. The zero-order chi connectivity index (χ0) is 12.8. The first-order valence-electron chi connectivity index (χ1n) is 5.61. The molecule has 0 fully saturated rings.